The Morgan fingerprint density at radius 2 is 1.80 bits per heavy atom. The van der Waals surface area contributed by atoms with Gasteiger partial charge in [0.15, 0.2) is 0 Å². The zero-order valence-electron chi connectivity index (χ0n) is 12.0. The normalized spacial score (nSPS) is 34.4. The number of amides is 2. The van der Waals surface area contributed by atoms with E-state index in [2.05, 4.69) is 11.9 Å². The SMILES string of the molecule is CN1C2CCC1CN(C(=O)N1CCC[C@@H]1C(=O)O)CC2. The maximum atomic E-state index is 12.6. The number of likely N-dealkylation sites (N-methyl/N-ethyl adjacent to an activating group) is 1. The number of likely N-dealkylation sites (tertiary alicyclic amines) is 2. The van der Waals surface area contributed by atoms with Crippen LogP contribution in [0.5, 0.6) is 0 Å². The minimum Gasteiger partial charge on any atom is -0.480 e. The molecule has 0 aromatic carbocycles. The molecule has 3 aliphatic rings. The summed E-state index contributed by atoms with van der Waals surface area (Å²) in [5, 5.41) is 9.21. The number of carbonyl (C=O) groups is 2. The lowest BCUT2D eigenvalue weighted by Gasteiger charge is -2.31. The average molecular weight is 281 g/mol. The van der Waals surface area contributed by atoms with Crippen molar-refractivity contribution in [3.8, 4) is 0 Å². The third-order valence-corrected chi connectivity index (χ3v) is 5.20. The first kappa shape index (κ1) is 13.7. The van der Waals surface area contributed by atoms with E-state index in [4.69, 9.17) is 0 Å². The minimum atomic E-state index is -0.871. The molecule has 3 heterocycles. The second kappa shape index (κ2) is 5.24. The maximum absolute atomic E-state index is 12.6. The topological polar surface area (TPSA) is 64.1 Å². The highest BCUT2D eigenvalue weighted by molar-refractivity contribution is 5.83. The molecule has 2 bridgehead atoms. The first-order valence-corrected chi connectivity index (χ1v) is 7.58. The van der Waals surface area contributed by atoms with Crippen molar-refractivity contribution in [1.82, 2.24) is 14.7 Å². The number of urea groups is 1. The molecule has 0 aliphatic carbocycles. The van der Waals surface area contributed by atoms with Gasteiger partial charge in [0.2, 0.25) is 0 Å². The van der Waals surface area contributed by atoms with E-state index in [9.17, 15) is 14.7 Å². The lowest BCUT2D eigenvalue weighted by Crippen LogP contribution is -2.50. The first-order chi connectivity index (χ1) is 9.58. The number of carboxylic acids is 1. The van der Waals surface area contributed by atoms with Gasteiger partial charge in [0.25, 0.3) is 0 Å². The van der Waals surface area contributed by atoms with Crippen LogP contribution in [-0.2, 0) is 4.79 Å². The predicted octanol–water partition coefficient (Wildman–Crippen LogP) is 0.824. The van der Waals surface area contributed by atoms with Gasteiger partial charge >= 0.3 is 12.0 Å². The van der Waals surface area contributed by atoms with Gasteiger partial charge in [-0.2, -0.15) is 0 Å². The van der Waals surface area contributed by atoms with E-state index in [1.54, 1.807) is 4.90 Å². The number of hydrogen-bond donors (Lipinski definition) is 1. The summed E-state index contributed by atoms with van der Waals surface area (Å²) in [6, 6.07) is 0.334. The Kier molecular flexibility index (Phi) is 3.58. The van der Waals surface area contributed by atoms with Crippen LogP contribution in [0.15, 0.2) is 0 Å². The van der Waals surface area contributed by atoms with E-state index >= 15 is 0 Å². The molecule has 3 atom stereocenters. The van der Waals surface area contributed by atoms with Gasteiger partial charge in [0, 0.05) is 31.7 Å². The van der Waals surface area contributed by atoms with Crippen molar-refractivity contribution in [1.29, 1.82) is 0 Å². The number of carboxylic acid groups (broad SMARTS) is 1. The molecule has 1 N–H and O–H groups in total. The Balaban J connectivity index is 1.69. The molecule has 0 aromatic heterocycles. The predicted molar refractivity (Wildman–Crippen MR) is 73.5 cm³/mol. The number of aliphatic carboxylic acids is 1. The summed E-state index contributed by atoms with van der Waals surface area (Å²) in [5.74, 6) is -0.871. The third-order valence-electron chi connectivity index (χ3n) is 5.20. The van der Waals surface area contributed by atoms with Crippen LogP contribution in [0.1, 0.15) is 32.1 Å². The van der Waals surface area contributed by atoms with Crippen molar-refractivity contribution in [2.24, 2.45) is 0 Å². The van der Waals surface area contributed by atoms with Crippen LogP contribution >= 0.6 is 0 Å². The Bertz CT molecular complexity index is 414. The molecule has 2 unspecified atom stereocenters. The molecule has 0 radical (unpaired) electrons. The Labute approximate surface area is 119 Å². The zero-order chi connectivity index (χ0) is 14.3. The molecule has 3 saturated heterocycles. The average Bonchev–Trinajstić information content (AvgIpc) is 2.95. The van der Waals surface area contributed by atoms with Crippen molar-refractivity contribution in [2.45, 2.75) is 50.2 Å². The Morgan fingerprint density at radius 1 is 1.05 bits per heavy atom. The van der Waals surface area contributed by atoms with E-state index in [1.165, 1.54) is 6.42 Å². The van der Waals surface area contributed by atoms with Gasteiger partial charge in [-0.05, 0) is 39.2 Å². The number of nitrogens with zero attached hydrogens (tertiary/aromatic N) is 3. The highest BCUT2D eigenvalue weighted by Gasteiger charge is 2.40. The fourth-order valence-corrected chi connectivity index (χ4v) is 3.92. The molecule has 3 rings (SSSR count). The smallest absolute Gasteiger partial charge is 0.326 e. The van der Waals surface area contributed by atoms with Crippen LogP contribution in [0.4, 0.5) is 4.79 Å². The highest BCUT2D eigenvalue weighted by atomic mass is 16.4. The van der Waals surface area contributed by atoms with E-state index < -0.39 is 12.0 Å². The monoisotopic (exact) mass is 281 g/mol. The molecule has 0 aromatic rings. The van der Waals surface area contributed by atoms with Gasteiger partial charge in [-0.1, -0.05) is 0 Å². The Hall–Kier alpha value is -1.30. The summed E-state index contributed by atoms with van der Waals surface area (Å²) in [5.41, 5.74) is 0. The molecule has 112 valence electrons. The van der Waals surface area contributed by atoms with E-state index in [-0.39, 0.29) is 6.03 Å². The van der Waals surface area contributed by atoms with Crippen molar-refractivity contribution < 1.29 is 14.7 Å². The number of rotatable bonds is 1. The molecular weight excluding hydrogens is 258 g/mol. The molecule has 0 spiro atoms. The first-order valence-electron chi connectivity index (χ1n) is 7.58. The van der Waals surface area contributed by atoms with E-state index in [1.807, 2.05) is 4.90 Å². The lowest BCUT2D eigenvalue weighted by atomic mass is 10.1. The fourth-order valence-electron chi connectivity index (χ4n) is 3.92. The summed E-state index contributed by atoms with van der Waals surface area (Å²) in [7, 11) is 2.15. The molecule has 2 amide bonds. The molecule has 6 heteroatoms. The lowest BCUT2D eigenvalue weighted by molar-refractivity contribution is -0.141. The third kappa shape index (κ3) is 2.26. The second-order valence-corrected chi connectivity index (χ2v) is 6.26. The van der Waals surface area contributed by atoms with Gasteiger partial charge in [-0.25, -0.2) is 9.59 Å². The molecule has 0 saturated carbocycles. The minimum absolute atomic E-state index is 0.0733. The van der Waals surface area contributed by atoms with Crippen molar-refractivity contribution in [3.05, 3.63) is 0 Å². The largest absolute Gasteiger partial charge is 0.480 e. The van der Waals surface area contributed by atoms with Crippen LogP contribution in [0.2, 0.25) is 0 Å². The van der Waals surface area contributed by atoms with Crippen molar-refractivity contribution in [2.75, 3.05) is 26.7 Å². The van der Waals surface area contributed by atoms with Crippen molar-refractivity contribution in [3.63, 3.8) is 0 Å². The molecule has 6 nitrogen and oxygen atoms in total. The summed E-state index contributed by atoms with van der Waals surface area (Å²) in [6.07, 6.45) is 4.76. The molecule has 3 fully saturated rings. The van der Waals surface area contributed by atoms with Crippen LogP contribution in [0.25, 0.3) is 0 Å². The fraction of sp³-hybridized carbons (Fsp3) is 0.857. The standard InChI is InChI=1S/C14H23N3O3/c1-15-10-4-5-11(15)9-16(8-6-10)14(20)17-7-2-3-12(17)13(18)19/h10-12H,2-9H2,1H3,(H,18,19)/t10?,11?,12-/m1/s1. The van der Waals surface area contributed by atoms with Gasteiger partial charge in [-0.3, -0.25) is 4.90 Å². The number of carbonyl (C=O) groups excluding carboxylic acids is 1. The van der Waals surface area contributed by atoms with E-state index in [0.29, 0.717) is 25.0 Å². The van der Waals surface area contributed by atoms with Crippen LogP contribution in [-0.4, -0.2) is 76.6 Å². The van der Waals surface area contributed by atoms with Crippen LogP contribution in [0, 0.1) is 0 Å². The maximum Gasteiger partial charge on any atom is 0.326 e. The molecule has 3 aliphatic heterocycles. The summed E-state index contributed by atoms with van der Waals surface area (Å²) in [4.78, 5) is 29.7. The summed E-state index contributed by atoms with van der Waals surface area (Å²) >= 11 is 0. The molecule has 20 heavy (non-hydrogen) atoms. The van der Waals surface area contributed by atoms with E-state index in [0.717, 1.165) is 32.4 Å². The summed E-state index contributed by atoms with van der Waals surface area (Å²) in [6.45, 7) is 2.08. The zero-order valence-corrected chi connectivity index (χ0v) is 12.0. The number of hydrogen-bond acceptors (Lipinski definition) is 3. The van der Waals surface area contributed by atoms with Gasteiger partial charge < -0.3 is 14.9 Å². The van der Waals surface area contributed by atoms with Gasteiger partial charge in [0.05, 0.1) is 0 Å². The Morgan fingerprint density at radius 3 is 2.55 bits per heavy atom. The number of fused-ring (bicyclic) bond motifs is 2. The summed E-state index contributed by atoms with van der Waals surface area (Å²) < 4.78 is 0. The molecular formula is C14H23N3O3. The van der Waals surface area contributed by atoms with Crippen LogP contribution in [0.3, 0.4) is 0 Å². The van der Waals surface area contributed by atoms with Crippen molar-refractivity contribution >= 4 is 12.0 Å². The highest BCUT2D eigenvalue weighted by Crippen LogP contribution is 2.29. The van der Waals surface area contributed by atoms with Gasteiger partial charge in [0.1, 0.15) is 6.04 Å². The second-order valence-electron chi connectivity index (χ2n) is 6.26. The quantitative estimate of drug-likeness (QED) is 0.773. The van der Waals surface area contributed by atoms with Gasteiger partial charge in [-0.15, -0.1) is 0 Å². The van der Waals surface area contributed by atoms with Crippen LogP contribution < -0.4 is 0 Å².